The summed E-state index contributed by atoms with van der Waals surface area (Å²) < 4.78 is 28.2. The zero-order valence-corrected chi connectivity index (χ0v) is 19.1. The van der Waals surface area contributed by atoms with Crippen molar-refractivity contribution in [3.63, 3.8) is 0 Å². The van der Waals surface area contributed by atoms with Crippen molar-refractivity contribution in [1.29, 1.82) is 0 Å². The Hall–Kier alpha value is -2.48. The van der Waals surface area contributed by atoms with Crippen molar-refractivity contribution in [3.8, 4) is 0 Å². The number of unbranched alkanes of at least 4 members (excludes halogenated alkanes) is 1. The zero-order valence-electron chi connectivity index (χ0n) is 17.5. The van der Waals surface area contributed by atoms with E-state index in [1.165, 1.54) is 21.2 Å². The van der Waals surface area contributed by atoms with E-state index in [4.69, 9.17) is 0 Å². The summed E-state index contributed by atoms with van der Waals surface area (Å²) >= 11 is 1.17. The van der Waals surface area contributed by atoms with Gasteiger partial charge in [0.2, 0.25) is 5.91 Å². The van der Waals surface area contributed by atoms with Crippen LogP contribution in [0.4, 0.5) is 5.69 Å². The maximum atomic E-state index is 13.3. The maximum absolute atomic E-state index is 13.3. The third-order valence-corrected chi connectivity index (χ3v) is 8.83. The van der Waals surface area contributed by atoms with Crippen LogP contribution < -0.4 is 5.32 Å². The molecular formula is C24H26N2O3S2. The maximum Gasteiger partial charge on any atom is 0.253 e. The molecule has 1 aromatic heterocycles. The molecule has 0 fully saturated rings. The summed E-state index contributed by atoms with van der Waals surface area (Å²) in [5.41, 5.74) is 3.85. The lowest BCUT2D eigenvalue weighted by Gasteiger charge is -2.34. The Bertz CT molecular complexity index is 1140. The number of benzene rings is 2. The Morgan fingerprint density at radius 2 is 1.81 bits per heavy atom. The lowest BCUT2D eigenvalue weighted by molar-refractivity contribution is -0.120. The highest BCUT2D eigenvalue weighted by atomic mass is 32.2. The molecule has 3 aromatic rings. The highest BCUT2D eigenvalue weighted by molar-refractivity contribution is 7.91. The molecule has 2 heterocycles. The van der Waals surface area contributed by atoms with Crippen LogP contribution in [0.2, 0.25) is 0 Å². The van der Waals surface area contributed by atoms with Crippen molar-refractivity contribution < 1.29 is 13.2 Å². The average Bonchev–Trinajstić information content (AvgIpc) is 3.34. The Morgan fingerprint density at radius 1 is 1.06 bits per heavy atom. The van der Waals surface area contributed by atoms with E-state index < -0.39 is 16.1 Å². The van der Waals surface area contributed by atoms with Crippen LogP contribution in [-0.2, 0) is 34.2 Å². The fourth-order valence-corrected chi connectivity index (χ4v) is 6.55. The fraction of sp³-hybridized carbons (Fsp3) is 0.292. The average molecular weight is 455 g/mol. The fourth-order valence-electron chi connectivity index (χ4n) is 3.86. The SMILES string of the molecule is CCCCc1ccc(NC(=O)[C@@H]2Cc3ccccc3CN2S(=O)(=O)c2cccs2)cc1. The van der Waals surface area contributed by atoms with E-state index in [0.29, 0.717) is 12.1 Å². The quantitative estimate of drug-likeness (QED) is 0.555. The Balaban J connectivity index is 1.60. The Labute approximate surface area is 187 Å². The summed E-state index contributed by atoms with van der Waals surface area (Å²) in [5, 5.41) is 4.67. The molecule has 2 aromatic carbocycles. The van der Waals surface area contributed by atoms with Gasteiger partial charge in [-0.15, -0.1) is 11.3 Å². The molecule has 0 saturated carbocycles. The van der Waals surface area contributed by atoms with Gasteiger partial charge in [-0.25, -0.2) is 8.42 Å². The number of rotatable bonds is 7. The summed E-state index contributed by atoms with van der Waals surface area (Å²) in [5.74, 6) is -0.309. The molecule has 1 amide bonds. The van der Waals surface area contributed by atoms with Gasteiger partial charge < -0.3 is 5.32 Å². The number of nitrogens with zero attached hydrogens (tertiary/aromatic N) is 1. The molecule has 0 unspecified atom stereocenters. The number of anilines is 1. The third-order valence-electron chi connectivity index (χ3n) is 5.61. The van der Waals surface area contributed by atoms with Crippen LogP contribution in [0.15, 0.2) is 70.3 Å². The normalized spacial score (nSPS) is 16.6. The molecule has 31 heavy (non-hydrogen) atoms. The summed E-state index contributed by atoms with van der Waals surface area (Å²) in [6.45, 7) is 2.34. The van der Waals surface area contributed by atoms with Gasteiger partial charge >= 0.3 is 0 Å². The van der Waals surface area contributed by atoms with Gasteiger partial charge in [0.25, 0.3) is 10.0 Å². The van der Waals surface area contributed by atoms with Crippen molar-refractivity contribution in [3.05, 3.63) is 82.7 Å². The van der Waals surface area contributed by atoms with E-state index in [-0.39, 0.29) is 16.7 Å². The third kappa shape index (κ3) is 4.74. The summed E-state index contributed by atoms with van der Waals surface area (Å²) in [6, 6.07) is 18.0. The van der Waals surface area contributed by atoms with Gasteiger partial charge in [-0.3, -0.25) is 4.79 Å². The molecule has 5 nitrogen and oxygen atoms in total. The van der Waals surface area contributed by atoms with E-state index in [9.17, 15) is 13.2 Å². The predicted octanol–water partition coefficient (Wildman–Crippen LogP) is 4.85. The van der Waals surface area contributed by atoms with Gasteiger partial charge in [0.1, 0.15) is 10.3 Å². The minimum absolute atomic E-state index is 0.185. The largest absolute Gasteiger partial charge is 0.325 e. The number of fused-ring (bicyclic) bond motifs is 1. The number of aryl methyl sites for hydroxylation is 1. The molecule has 7 heteroatoms. The Kier molecular flexibility index (Phi) is 6.55. The number of carbonyl (C=O) groups is 1. The second-order valence-corrected chi connectivity index (χ2v) is 10.8. The second kappa shape index (κ2) is 9.34. The van der Waals surface area contributed by atoms with Gasteiger partial charge in [-0.2, -0.15) is 4.31 Å². The van der Waals surface area contributed by atoms with Crippen LogP contribution in [0.1, 0.15) is 36.5 Å². The summed E-state index contributed by atoms with van der Waals surface area (Å²) in [4.78, 5) is 13.2. The van der Waals surface area contributed by atoms with E-state index >= 15 is 0 Å². The van der Waals surface area contributed by atoms with E-state index in [1.807, 2.05) is 48.5 Å². The van der Waals surface area contributed by atoms with Crippen molar-refractivity contribution in [1.82, 2.24) is 4.31 Å². The lowest BCUT2D eigenvalue weighted by atomic mass is 9.95. The molecular weight excluding hydrogens is 428 g/mol. The van der Waals surface area contributed by atoms with E-state index in [1.54, 1.807) is 17.5 Å². The van der Waals surface area contributed by atoms with Crippen LogP contribution in [0.25, 0.3) is 0 Å². The van der Waals surface area contributed by atoms with Crippen LogP contribution in [-0.4, -0.2) is 24.7 Å². The molecule has 0 bridgehead atoms. The molecule has 1 aliphatic rings. The van der Waals surface area contributed by atoms with Crippen LogP contribution in [0.5, 0.6) is 0 Å². The van der Waals surface area contributed by atoms with Crippen molar-refractivity contribution in [2.24, 2.45) is 0 Å². The van der Waals surface area contributed by atoms with Gasteiger partial charge in [-0.1, -0.05) is 55.8 Å². The predicted molar refractivity (Wildman–Crippen MR) is 125 cm³/mol. The summed E-state index contributed by atoms with van der Waals surface area (Å²) in [6.07, 6.45) is 3.62. The van der Waals surface area contributed by atoms with Crippen LogP contribution in [0.3, 0.4) is 0 Å². The van der Waals surface area contributed by atoms with E-state index in [2.05, 4.69) is 12.2 Å². The first kappa shape index (κ1) is 21.7. The molecule has 0 radical (unpaired) electrons. The molecule has 1 atom stereocenters. The number of thiophene rings is 1. The first-order chi connectivity index (χ1) is 15.0. The topological polar surface area (TPSA) is 66.5 Å². The zero-order chi connectivity index (χ0) is 21.8. The highest BCUT2D eigenvalue weighted by Gasteiger charge is 2.40. The van der Waals surface area contributed by atoms with Crippen molar-refractivity contribution in [2.45, 2.75) is 49.4 Å². The first-order valence-corrected chi connectivity index (χ1v) is 12.8. The molecule has 1 N–H and O–H groups in total. The number of sulfonamides is 1. The van der Waals surface area contributed by atoms with Crippen molar-refractivity contribution in [2.75, 3.05) is 5.32 Å². The first-order valence-electron chi connectivity index (χ1n) is 10.5. The molecule has 4 rings (SSSR count). The van der Waals surface area contributed by atoms with Crippen LogP contribution >= 0.6 is 11.3 Å². The standard InChI is InChI=1S/C24H26N2O3S2/c1-2-3-7-18-11-13-21(14-12-18)25-24(27)22-16-19-8-4-5-9-20(19)17-26(22)31(28,29)23-10-6-15-30-23/h4-6,8-15,22H,2-3,7,16-17H2,1H3,(H,25,27)/t22-/m0/s1. The van der Waals surface area contributed by atoms with Gasteiger partial charge in [0.15, 0.2) is 0 Å². The minimum Gasteiger partial charge on any atom is -0.325 e. The monoisotopic (exact) mass is 454 g/mol. The number of hydrogen-bond acceptors (Lipinski definition) is 4. The number of nitrogens with one attached hydrogen (secondary N) is 1. The van der Waals surface area contributed by atoms with E-state index in [0.717, 1.165) is 30.4 Å². The number of carbonyl (C=O) groups excluding carboxylic acids is 1. The minimum atomic E-state index is -3.77. The number of amides is 1. The Morgan fingerprint density at radius 3 is 2.48 bits per heavy atom. The van der Waals surface area contributed by atoms with Crippen molar-refractivity contribution >= 4 is 33.0 Å². The second-order valence-electron chi connectivity index (χ2n) is 7.76. The summed E-state index contributed by atoms with van der Waals surface area (Å²) in [7, 11) is -3.77. The van der Waals surface area contributed by atoms with Crippen LogP contribution in [0, 0.1) is 0 Å². The van der Waals surface area contributed by atoms with Gasteiger partial charge in [-0.05, 0) is 59.5 Å². The van der Waals surface area contributed by atoms with Gasteiger partial charge in [0.05, 0.1) is 0 Å². The molecule has 0 spiro atoms. The van der Waals surface area contributed by atoms with Gasteiger partial charge in [0, 0.05) is 12.2 Å². The molecule has 162 valence electrons. The number of hydrogen-bond donors (Lipinski definition) is 1. The lowest BCUT2D eigenvalue weighted by Crippen LogP contribution is -2.50. The molecule has 0 saturated heterocycles. The molecule has 1 aliphatic heterocycles. The smallest absolute Gasteiger partial charge is 0.253 e. The highest BCUT2D eigenvalue weighted by Crippen LogP contribution is 2.31. The molecule has 0 aliphatic carbocycles.